The number of aliphatic hydroxyl groups is 1. The predicted molar refractivity (Wildman–Crippen MR) is 82.5 cm³/mol. The van der Waals surface area contributed by atoms with Crippen LogP contribution in [0.3, 0.4) is 0 Å². The zero-order valence-electron chi connectivity index (χ0n) is 13.4. The molecule has 19 heavy (non-hydrogen) atoms. The van der Waals surface area contributed by atoms with Crippen molar-refractivity contribution in [2.24, 2.45) is 5.92 Å². The fourth-order valence-corrected chi connectivity index (χ4v) is 3.36. The molecule has 0 amide bonds. The predicted octanol–water partition coefficient (Wildman–Crippen LogP) is 2.64. The summed E-state index contributed by atoms with van der Waals surface area (Å²) in [5.41, 5.74) is -0.123. The van der Waals surface area contributed by atoms with Gasteiger partial charge in [-0.3, -0.25) is 0 Å². The molecule has 1 fully saturated rings. The van der Waals surface area contributed by atoms with Crippen LogP contribution in [0, 0.1) is 5.92 Å². The van der Waals surface area contributed by atoms with Crippen molar-refractivity contribution in [1.29, 1.82) is 0 Å². The lowest BCUT2D eigenvalue weighted by Gasteiger charge is -2.32. The van der Waals surface area contributed by atoms with Crippen LogP contribution >= 0.6 is 0 Å². The summed E-state index contributed by atoms with van der Waals surface area (Å²) in [4.78, 5) is 2.48. The molecule has 3 nitrogen and oxygen atoms in total. The Morgan fingerprint density at radius 2 is 1.95 bits per heavy atom. The molecule has 1 rings (SSSR count). The van der Waals surface area contributed by atoms with Crippen molar-refractivity contribution in [2.75, 3.05) is 26.7 Å². The van der Waals surface area contributed by atoms with Crippen LogP contribution in [0.15, 0.2) is 0 Å². The van der Waals surface area contributed by atoms with Crippen molar-refractivity contribution in [3.8, 4) is 0 Å². The van der Waals surface area contributed by atoms with Crippen molar-refractivity contribution in [3.05, 3.63) is 0 Å². The minimum absolute atomic E-state index is 0.123. The fraction of sp³-hybridized carbons (Fsp3) is 1.00. The maximum atomic E-state index is 9.55. The van der Waals surface area contributed by atoms with Crippen molar-refractivity contribution in [1.82, 2.24) is 10.2 Å². The van der Waals surface area contributed by atoms with Gasteiger partial charge < -0.3 is 15.3 Å². The van der Waals surface area contributed by atoms with E-state index in [4.69, 9.17) is 0 Å². The summed E-state index contributed by atoms with van der Waals surface area (Å²) in [7, 11) is 2.24. The van der Waals surface area contributed by atoms with Gasteiger partial charge in [-0.2, -0.15) is 0 Å². The van der Waals surface area contributed by atoms with Gasteiger partial charge in [0.25, 0.3) is 0 Å². The molecule has 1 aliphatic carbocycles. The Kier molecular flexibility index (Phi) is 7.33. The summed E-state index contributed by atoms with van der Waals surface area (Å²) in [5, 5.41) is 13.0. The molecule has 1 atom stereocenters. The average Bonchev–Trinajstić information content (AvgIpc) is 2.80. The zero-order chi connectivity index (χ0) is 14.3. The second-order valence-corrected chi connectivity index (χ2v) is 7.03. The second-order valence-electron chi connectivity index (χ2n) is 7.03. The summed E-state index contributed by atoms with van der Waals surface area (Å²) < 4.78 is 0. The van der Waals surface area contributed by atoms with E-state index >= 15 is 0 Å². The summed E-state index contributed by atoms with van der Waals surface area (Å²) in [6.45, 7) is 9.03. The molecule has 3 heteroatoms. The fourth-order valence-electron chi connectivity index (χ4n) is 3.36. The number of aliphatic hydroxyl groups excluding tert-OH is 1. The number of hydrogen-bond donors (Lipinski definition) is 2. The molecule has 0 aromatic rings. The molecule has 0 radical (unpaired) electrons. The molecule has 0 aromatic carbocycles. The third-order valence-corrected chi connectivity index (χ3v) is 4.30. The highest BCUT2D eigenvalue weighted by Gasteiger charge is 2.23. The Hall–Kier alpha value is -0.120. The Bertz CT molecular complexity index is 239. The van der Waals surface area contributed by atoms with Gasteiger partial charge >= 0.3 is 0 Å². The maximum absolute atomic E-state index is 9.55. The van der Waals surface area contributed by atoms with Crippen molar-refractivity contribution in [2.45, 2.75) is 70.9 Å². The number of nitrogens with one attached hydrogen (secondary N) is 1. The monoisotopic (exact) mass is 270 g/mol. The van der Waals surface area contributed by atoms with Crippen LogP contribution in [-0.2, 0) is 0 Å². The third-order valence-electron chi connectivity index (χ3n) is 4.30. The molecule has 114 valence electrons. The average molecular weight is 270 g/mol. The molecule has 0 bridgehead atoms. The molecular weight excluding hydrogens is 236 g/mol. The molecule has 0 saturated heterocycles. The van der Waals surface area contributed by atoms with Gasteiger partial charge in [0.2, 0.25) is 0 Å². The molecule has 1 unspecified atom stereocenters. The van der Waals surface area contributed by atoms with Crippen molar-refractivity contribution >= 4 is 0 Å². The van der Waals surface area contributed by atoms with Gasteiger partial charge in [0, 0.05) is 18.1 Å². The maximum Gasteiger partial charge on any atom is 0.0610 e. The SMILES string of the molecule is CC(C)NC(C)(CO)CCCN(C)CC1CCCC1. The molecule has 1 aliphatic rings. The Labute approximate surface area is 119 Å². The first-order valence-corrected chi connectivity index (χ1v) is 8.02. The second kappa shape index (κ2) is 8.23. The van der Waals surface area contributed by atoms with Gasteiger partial charge in [0.1, 0.15) is 0 Å². The summed E-state index contributed by atoms with van der Waals surface area (Å²) in [6, 6.07) is 0.424. The van der Waals surface area contributed by atoms with Crippen LogP contribution in [0.1, 0.15) is 59.3 Å². The molecular formula is C16H34N2O. The first-order valence-electron chi connectivity index (χ1n) is 8.02. The Balaban J connectivity index is 2.19. The first kappa shape index (κ1) is 16.9. The van der Waals surface area contributed by atoms with Crippen LogP contribution < -0.4 is 5.32 Å². The lowest BCUT2D eigenvalue weighted by Crippen LogP contribution is -2.49. The van der Waals surface area contributed by atoms with Crippen LogP contribution in [-0.4, -0.2) is 48.3 Å². The van der Waals surface area contributed by atoms with E-state index in [2.05, 4.69) is 38.0 Å². The number of hydrogen-bond acceptors (Lipinski definition) is 3. The highest BCUT2D eigenvalue weighted by atomic mass is 16.3. The van der Waals surface area contributed by atoms with E-state index < -0.39 is 0 Å². The Morgan fingerprint density at radius 3 is 2.47 bits per heavy atom. The van der Waals surface area contributed by atoms with E-state index in [9.17, 15) is 5.11 Å². The summed E-state index contributed by atoms with van der Waals surface area (Å²) >= 11 is 0. The van der Waals surface area contributed by atoms with Crippen molar-refractivity contribution in [3.63, 3.8) is 0 Å². The molecule has 0 aliphatic heterocycles. The summed E-state index contributed by atoms with van der Waals surface area (Å²) in [6.07, 6.45) is 7.90. The van der Waals surface area contributed by atoms with Gasteiger partial charge in [-0.1, -0.05) is 26.7 Å². The molecule has 2 N–H and O–H groups in total. The highest BCUT2D eigenvalue weighted by molar-refractivity contribution is 4.84. The van der Waals surface area contributed by atoms with E-state index in [-0.39, 0.29) is 12.1 Å². The van der Waals surface area contributed by atoms with Gasteiger partial charge in [-0.05, 0) is 52.1 Å². The highest BCUT2D eigenvalue weighted by Crippen LogP contribution is 2.25. The largest absolute Gasteiger partial charge is 0.394 e. The molecule has 0 heterocycles. The minimum Gasteiger partial charge on any atom is -0.394 e. The van der Waals surface area contributed by atoms with Crippen LogP contribution in [0.5, 0.6) is 0 Å². The number of nitrogens with zero attached hydrogens (tertiary/aromatic N) is 1. The lowest BCUT2D eigenvalue weighted by atomic mass is 9.95. The van der Waals surface area contributed by atoms with E-state index in [1.165, 1.54) is 32.2 Å². The Morgan fingerprint density at radius 1 is 1.32 bits per heavy atom. The number of rotatable bonds is 9. The van der Waals surface area contributed by atoms with Crippen LogP contribution in [0.2, 0.25) is 0 Å². The van der Waals surface area contributed by atoms with Gasteiger partial charge in [0.05, 0.1) is 6.61 Å². The first-order chi connectivity index (χ1) is 8.95. The molecule has 0 aromatic heterocycles. The summed E-state index contributed by atoms with van der Waals surface area (Å²) in [5.74, 6) is 0.933. The van der Waals surface area contributed by atoms with Crippen LogP contribution in [0.4, 0.5) is 0 Å². The van der Waals surface area contributed by atoms with Crippen molar-refractivity contribution < 1.29 is 5.11 Å². The topological polar surface area (TPSA) is 35.5 Å². The quantitative estimate of drug-likeness (QED) is 0.676. The lowest BCUT2D eigenvalue weighted by molar-refractivity contribution is 0.149. The smallest absolute Gasteiger partial charge is 0.0610 e. The normalized spacial score (nSPS) is 20.4. The third kappa shape index (κ3) is 6.73. The molecule has 0 spiro atoms. The minimum atomic E-state index is -0.123. The van der Waals surface area contributed by atoms with Gasteiger partial charge in [0.15, 0.2) is 0 Å². The van der Waals surface area contributed by atoms with Crippen LogP contribution in [0.25, 0.3) is 0 Å². The van der Waals surface area contributed by atoms with Gasteiger partial charge in [-0.15, -0.1) is 0 Å². The van der Waals surface area contributed by atoms with E-state index in [0.29, 0.717) is 6.04 Å². The standard InChI is InChI=1S/C16H34N2O/c1-14(2)17-16(3,13-19)10-7-11-18(4)12-15-8-5-6-9-15/h14-15,17,19H,5-13H2,1-4H3. The van der Waals surface area contributed by atoms with E-state index in [0.717, 1.165) is 25.3 Å². The van der Waals surface area contributed by atoms with E-state index in [1.807, 2.05) is 0 Å². The van der Waals surface area contributed by atoms with E-state index in [1.54, 1.807) is 0 Å². The zero-order valence-corrected chi connectivity index (χ0v) is 13.4. The molecule has 1 saturated carbocycles. The van der Waals surface area contributed by atoms with Gasteiger partial charge in [-0.25, -0.2) is 0 Å².